The Hall–Kier alpha value is -2.69. The van der Waals surface area contributed by atoms with Gasteiger partial charge in [0, 0.05) is 18.3 Å². The lowest BCUT2D eigenvalue weighted by molar-refractivity contribution is 0.102. The first kappa shape index (κ1) is 12.3. The highest BCUT2D eigenvalue weighted by molar-refractivity contribution is 6.05. The van der Waals surface area contributed by atoms with E-state index < -0.39 is 0 Å². The Morgan fingerprint density at radius 2 is 2.05 bits per heavy atom. The van der Waals surface area contributed by atoms with E-state index in [0.717, 1.165) is 16.8 Å². The molecule has 3 aromatic rings. The smallest absolute Gasteiger partial charge is 0.255 e. The summed E-state index contributed by atoms with van der Waals surface area (Å²) in [4.78, 5) is 12.2. The van der Waals surface area contributed by atoms with Crippen molar-refractivity contribution in [2.45, 2.75) is 6.92 Å². The van der Waals surface area contributed by atoms with Crippen LogP contribution in [-0.2, 0) is 7.05 Å². The van der Waals surface area contributed by atoms with Crippen LogP contribution in [-0.4, -0.2) is 20.9 Å². The van der Waals surface area contributed by atoms with Crippen LogP contribution in [0.3, 0.4) is 0 Å². The molecule has 2 aromatic carbocycles. The van der Waals surface area contributed by atoms with E-state index in [1.54, 1.807) is 16.8 Å². The number of benzene rings is 2. The van der Waals surface area contributed by atoms with Crippen molar-refractivity contribution in [2.24, 2.45) is 7.05 Å². The van der Waals surface area contributed by atoms with Gasteiger partial charge in [-0.05, 0) is 42.8 Å². The van der Waals surface area contributed by atoms with Crippen LogP contribution in [0.25, 0.3) is 11.0 Å². The fourth-order valence-electron chi connectivity index (χ4n) is 2.11. The Kier molecular flexibility index (Phi) is 2.95. The zero-order chi connectivity index (χ0) is 14.1. The van der Waals surface area contributed by atoms with Crippen molar-refractivity contribution in [3.05, 3.63) is 53.6 Å². The van der Waals surface area contributed by atoms with E-state index in [4.69, 9.17) is 0 Å². The molecule has 0 bridgehead atoms. The average molecular weight is 266 g/mol. The van der Waals surface area contributed by atoms with Crippen LogP contribution in [0.15, 0.2) is 42.5 Å². The summed E-state index contributed by atoms with van der Waals surface area (Å²) in [5.41, 5.74) is 4.07. The molecule has 0 saturated carbocycles. The van der Waals surface area contributed by atoms with Gasteiger partial charge in [-0.2, -0.15) is 0 Å². The Bertz CT molecular complexity index is 791. The van der Waals surface area contributed by atoms with Crippen LogP contribution in [0.2, 0.25) is 0 Å². The van der Waals surface area contributed by atoms with E-state index in [1.165, 1.54) is 0 Å². The van der Waals surface area contributed by atoms with Crippen molar-refractivity contribution < 1.29 is 4.79 Å². The van der Waals surface area contributed by atoms with Gasteiger partial charge in [0.2, 0.25) is 0 Å². The van der Waals surface area contributed by atoms with Gasteiger partial charge >= 0.3 is 0 Å². The van der Waals surface area contributed by atoms with Gasteiger partial charge in [0.25, 0.3) is 5.91 Å². The highest BCUT2D eigenvalue weighted by Gasteiger charge is 2.09. The number of hydrogen-bond acceptors (Lipinski definition) is 3. The van der Waals surface area contributed by atoms with Crippen molar-refractivity contribution in [3.63, 3.8) is 0 Å². The van der Waals surface area contributed by atoms with Crippen LogP contribution >= 0.6 is 0 Å². The van der Waals surface area contributed by atoms with E-state index in [0.29, 0.717) is 11.1 Å². The summed E-state index contributed by atoms with van der Waals surface area (Å²) in [6.07, 6.45) is 0. The highest BCUT2D eigenvalue weighted by atomic mass is 16.1. The van der Waals surface area contributed by atoms with E-state index in [9.17, 15) is 4.79 Å². The van der Waals surface area contributed by atoms with E-state index in [2.05, 4.69) is 15.6 Å². The molecule has 0 spiro atoms. The number of aryl methyl sites for hydroxylation is 2. The zero-order valence-electron chi connectivity index (χ0n) is 11.3. The summed E-state index contributed by atoms with van der Waals surface area (Å²) in [6, 6.07) is 13.1. The van der Waals surface area contributed by atoms with Crippen molar-refractivity contribution in [2.75, 3.05) is 5.32 Å². The predicted molar refractivity (Wildman–Crippen MR) is 77.6 cm³/mol. The summed E-state index contributed by atoms with van der Waals surface area (Å²) >= 11 is 0. The number of hydrogen-bond donors (Lipinski definition) is 1. The summed E-state index contributed by atoms with van der Waals surface area (Å²) < 4.78 is 1.68. The molecule has 1 aromatic heterocycles. The molecule has 0 saturated heterocycles. The molecule has 0 aliphatic rings. The fraction of sp³-hybridized carbons (Fsp3) is 0.133. The van der Waals surface area contributed by atoms with Gasteiger partial charge in [-0.15, -0.1) is 5.10 Å². The first-order valence-corrected chi connectivity index (χ1v) is 6.31. The quantitative estimate of drug-likeness (QED) is 0.775. The number of aromatic nitrogens is 3. The van der Waals surface area contributed by atoms with Gasteiger partial charge in [0.1, 0.15) is 5.52 Å². The molecule has 0 aliphatic heterocycles. The van der Waals surface area contributed by atoms with E-state index >= 15 is 0 Å². The monoisotopic (exact) mass is 266 g/mol. The maximum Gasteiger partial charge on any atom is 0.255 e. The standard InChI is InChI=1S/C15H14N4O/c1-10-4-3-5-12(8-10)16-15(20)11-6-7-14-13(9-11)17-18-19(14)2/h3-9H,1-2H3,(H,16,20). The molecule has 3 rings (SSSR count). The Morgan fingerprint density at radius 1 is 1.20 bits per heavy atom. The normalized spacial score (nSPS) is 10.7. The summed E-state index contributed by atoms with van der Waals surface area (Å²) in [7, 11) is 1.82. The van der Waals surface area contributed by atoms with Crippen LogP contribution in [0.1, 0.15) is 15.9 Å². The minimum atomic E-state index is -0.150. The maximum atomic E-state index is 12.2. The van der Waals surface area contributed by atoms with Crippen molar-refractivity contribution in [3.8, 4) is 0 Å². The minimum Gasteiger partial charge on any atom is -0.322 e. The second kappa shape index (κ2) is 4.77. The number of fused-ring (bicyclic) bond motifs is 1. The second-order valence-electron chi connectivity index (χ2n) is 4.74. The zero-order valence-corrected chi connectivity index (χ0v) is 11.3. The fourth-order valence-corrected chi connectivity index (χ4v) is 2.11. The van der Waals surface area contributed by atoms with Gasteiger partial charge in [0.05, 0.1) is 5.52 Å². The maximum absolute atomic E-state index is 12.2. The first-order valence-electron chi connectivity index (χ1n) is 6.31. The summed E-state index contributed by atoms with van der Waals surface area (Å²) in [5, 5.41) is 10.8. The minimum absolute atomic E-state index is 0.150. The third-order valence-corrected chi connectivity index (χ3v) is 3.15. The van der Waals surface area contributed by atoms with Crippen LogP contribution in [0.5, 0.6) is 0 Å². The molecule has 5 heteroatoms. The predicted octanol–water partition coefficient (Wildman–Crippen LogP) is 2.53. The Labute approximate surface area is 116 Å². The third-order valence-electron chi connectivity index (χ3n) is 3.15. The number of carbonyl (C=O) groups is 1. The number of nitrogens with one attached hydrogen (secondary N) is 1. The molecule has 1 heterocycles. The third kappa shape index (κ3) is 2.25. The molecule has 0 atom stereocenters. The molecule has 0 radical (unpaired) electrons. The number of amides is 1. The number of rotatable bonds is 2. The van der Waals surface area contributed by atoms with Gasteiger partial charge < -0.3 is 5.32 Å². The topological polar surface area (TPSA) is 59.8 Å². The molecule has 20 heavy (non-hydrogen) atoms. The highest BCUT2D eigenvalue weighted by Crippen LogP contribution is 2.15. The number of nitrogens with zero attached hydrogens (tertiary/aromatic N) is 3. The first-order chi connectivity index (χ1) is 9.63. The average Bonchev–Trinajstić information content (AvgIpc) is 2.80. The molecular weight excluding hydrogens is 252 g/mol. The lowest BCUT2D eigenvalue weighted by Gasteiger charge is -2.06. The molecule has 1 N–H and O–H groups in total. The van der Waals surface area contributed by atoms with Gasteiger partial charge in [0.15, 0.2) is 0 Å². The van der Waals surface area contributed by atoms with Gasteiger partial charge in [-0.3, -0.25) is 4.79 Å². The van der Waals surface area contributed by atoms with Crippen molar-refractivity contribution >= 4 is 22.6 Å². The lowest BCUT2D eigenvalue weighted by atomic mass is 10.1. The van der Waals surface area contributed by atoms with Gasteiger partial charge in [-0.25, -0.2) is 4.68 Å². The molecule has 1 amide bonds. The molecular formula is C15H14N4O. The Balaban J connectivity index is 1.88. The molecule has 0 aliphatic carbocycles. The van der Waals surface area contributed by atoms with Crippen molar-refractivity contribution in [1.82, 2.24) is 15.0 Å². The van der Waals surface area contributed by atoms with Crippen LogP contribution in [0.4, 0.5) is 5.69 Å². The molecule has 0 unspecified atom stereocenters. The number of anilines is 1. The van der Waals surface area contributed by atoms with Crippen LogP contribution < -0.4 is 5.32 Å². The Morgan fingerprint density at radius 3 is 2.85 bits per heavy atom. The van der Waals surface area contributed by atoms with Crippen molar-refractivity contribution in [1.29, 1.82) is 0 Å². The summed E-state index contributed by atoms with van der Waals surface area (Å²) in [5.74, 6) is -0.150. The molecule has 0 fully saturated rings. The summed E-state index contributed by atoms with van der Waals surface area (Å²) in [6.45, 7) is 1.99. The van der Waals surface area contributed by atoms with Crippen LogP contribution in [0, 0.1) is 6.92 Å². The van der Waals surface area contributed by atoms with E-state index in [1.807, 2.05) is 44.3 Å². The molecule has 100 valence electrons. The second-order valence-corrected chi connectivity index (χ2v) is 4.74. The SMILES string of the molecule is Cc1cccc(NC(=O)c2ccc3c(c2)nnn3C)c1. The largest absolute Gasteiger partial charge is 0.322 e. The van der Waals surface area contributed by atoms with Gasteiger partial charge in [-0.1, -0.05) is 17.3 Å². The number of carbonyl (C=O) groups excluding carboxylic acids is 1. The lowest BCUT2D eigenvalue weighted by Crippen LogP contribution is -2.11. The van der Waals surface area contributed by atoms with E-state index in [-0.39, 0.29) is 5.91 Å². The molecule has 5 nitrogen and oxygen atoms in total.